The van der Waals surface area contributed by atoms with Gasteiger partial charge in [-0.3, -0.25) is 14.9 Å². The minimum atomic E-state index is -0.842. The van der Waals surface area contributed by atoms with E-state index >= 15 is 0 Å². The first-order valence-corrected chi connectivity index (χ1v) is 9.14. The van der Waals surface area contributed by atoms with Gasteiger partial charge in [0.25, 0.3) is 0 Å². The summed E-state index contributed by atoms with van der Waals surface area (Å²) in [4.78, 5) is 30.4. The second-order valence-electron chi connectivity index (χ2n) is 6.74. The van der Waals surface area contributed by atoms with Crippen LogP contribution in [0.25, 0.3) is 0 Å². The average Bonchev–Trinajstić information content (AvgIpc) is 2.95. The number of ketones is 1. The zero-order chi connectivity index (χ0) is 18.4. The summed E-state index contributed by atoms with van der Waals surface area (Å²) in [6.07, 6.45) is -0.842. The molecule has 0 aliphatic rings. The fraction of sp³-hybridized carbons (Fsp3) is 0.706. The van der Waals surface area contributed by atoms with Gasteiger partial charge in [-0.25, -0.2) is 4.98 Å². The molecule has 0 fully saturated rings. The topological polar surface area (TPSA) is 82.5 Å². The molecule has 1 amide bonds. The Morgan fingerprint density at radius 1 is 1.29 bits per heavy atom. The van der Waals surface area contributed by atoms with Gasteiger partial charge in [-0.05, 0) is 6.92 Å². The van der Waals surface area contributed by atoms with Crippen molar-refractivity contribution in [2.75, 3.05) is 13.6 Å². The predicted molar refractivity (Wildman–Crippen MR) is 96.0 cm³/mol. The van der Waals surface area contributed by atoms with Crippen LogP contribution >= 0.6 is 11.3 Å². The molecule has 0 spiro atoms. The van der Waals surface area contributed by atoms with Crippen LogP contribution in [0, 0.1) is 5.92 Å². The van der Waals surface area contributed by atoms with Crippen LogP contribution < -0.4 is 5.32 Å². The Balaban J connectivity index is 2.57. The van der Waals surface area contributed by atoms with Gasteiger partial charge < -0.3 is 10.0 Å². The maximum Gasteiger partial charge on any atom is 0.236 e. The Kier molecular flexibility index (Phi) is 7.99. The van der Waals surface area contributed by atoms with E-state index in [1.807, 2.05) is 5.38 Å². The fourth-order valence-electron chi connectivity index (χ4n) is 2.19. The van der Waals surface area contributed by atoms with E-state index in [1.54, 1.807) is 44.1 Å². The summed E-state index contributed by atoms with van der Waals surface area (Å²) in [6.45, 7) is 9.72. The highest BCUT2D eigenvalue weighted by molar-refractivity contribution is 7.09. The average molecular weight is 356 g/mol. The lowest BCUT2D eigenvalue weighted by molar-refractivity contribution is -0.130. The largest absolute Gasteiger partial charge is 0.391 e. The number of amides is 1. The van der Waals surface area contributed by atoms with E-state index in [2.05, 4.69) is 24.1 Å². The van der Waals surface area contributed by atoms with Crippen molar-refractivity contribution in [1.82, 2.24) is 15.2 Å². The van der Waals surface area contributed by atoms with E-state index in [4.69, 9.17) is 0 Å². The third kappa shape index (κ3) is 5.96. The maximum absolute atomic E-state index is 12.3. The van der Waals surface area contributed by atoms with Gasteiger partial charge in [0.15, 0.2) is 5.78 Å². The Morgan fingerprint density at radius 2 is 1.92 bits per heavy atom. The molecule has 1 rings (SSSR count). The van der Waals surface area contributed by atoms with Crippen molar-refractivity contribution in [2.45, 2.75) is 59.2 Å². The number of likely N-dealkylation sites (N-methyl/N-ethyl adjacent to an activating group) is 1. The lowest BCUT2D eigenvalue weighted by Crippen LogP contribution is -2.50. The number of aromatic nitrogens is 1. The number of carbonyl (C=O) groups is 2. The highest BCUT2D eigenvalue weighted by Gasteiger charge is 2.26. The first kappa shape index (κ1) is 20.7. The summed E-state index contributed by atoms with van der Waals surface area (Å²) in [6, 6.07) is -0.728. The van der Waals surface area contributed by atoms with Crippen LogP contribution in [0.1, 0.15) is 51.2 Å². The molecule has 0 saturated carbocycles. The van der Waals surface area contributed by atoms with Crippen LogP contribution in [0.5, 0.6) is 0 Å². The fourth-order valence-corrected chi connectivity index (χ4v) is 3.02. The predicted octanol–water partition coefficient (Wildman–Crippen LogP) is 1.79. The van der Waals surface area contributed by atoms with Crippen LogP contribution in [0.4, 0.5) is 0 Å². The Bertz CT molecular complexity index is 555. The number of aliphatic hydroxyl groups excluding tert-OH is 1. The monoisotopic (exact) mass is 355 g/mol. The van der Waals surface area contributed by atoms with Gasteiger partial charge in [0.05, 0.1) is 35.9 Å². The molecule has 2 unspecified atom stereocenters. The SMILES string of the molecule is CC(C)C(=O)C(NCC(=O)N(C)Cc1csc(C(C)C)n1)C(C)O. The van der Waals surface area contributed by atoms with Gasteiger partial charge in [0.1, 0.15) is 0 Å². The van der Waals surface area contributed by atoms with Gasteiger partial charge >= 0.3 is 0 Å². The van der Waals surface area contributed by atoms with Crippen LogP contribution in [-0.4, -0.2) is 52.4 Å². The normalized spacial score (nSPS) is 14.0. The van der Waals surface area contributed by atoms with Crippen molar-refractivity contribution in [3.63, 3.8) is 0 Å². The van der Waals surface area contributed by atoms with Crippen molar-refractivity contribution in [2.24, 2.45) is 5.92 Å². The molecule has 0 radical (unpaired) electrons. The Hall–Kier alpha value is -1.31. The molecule has 1 heterocycles. The Morgan fingerprint density at radius 3 is 2.38 bits per heavy atom. The highest BCUT2D eigenvalue weighted by Crippen LogP contribution is 2.19. The van der Waals surface area contributed by atoms with E-state index in [1.165, 1.54) is 0 Å². The van der Waals surface area contributed by atoms with Crippen molar-refractivity contribution in [3.8, 4) is 0 Å². The third-order valence-corrected chi connectivity index (χ3v) is 4.91. The van der Waals surface area contributed by atoms with Gasteiger partial charge in [0, 0.05) is 24.3 Å². The van der Waals surface area contributed by atoms with Gasteiger partial charge in [-0.2, -0.15) is 0 Å². The number of hydrogen-bond acceptors (Lipinski definition) is 6. The lowest BCUT2D eigenvalue weighted by Gasteiger charge is -2.23. The number of hydrogen-bond donors (Lipinski definition) is 2. The molecular weight excluding hydrogens is 326 g/mol. The van der Waals surface area contributed by atoms with E-state index in [-0.39, 0.29) is 24.2 Å². The van der Waals surface area contributed by atoms with Crippen molar-refractivity contribution < 1.29 is 14.7 Å². The number of nitrogens with one attached hydrogen (secondary N) is 1. The van der Waals surface area contributed by atoms with Crippen LogP contribution in [0.15, 0.2) is 5.38 Å². The maximum atomic E-state index is 12.3. The molecule has 7 heteroatoms. The minimum Gasteiger partial charge on any atom is -0.391 e. The molecule has 1 aromatic rings. The molecule has 0 aliphatic carbocycles. The van der Waals surface area contributed by atoms with E-state index in [9.17, 15) is 14.7 Å². The zero-order valence-electron chi connectivity index (χ0n) is 15.4. The van der Waals surface area contributed by atoms with Gasteiger partial charge in [-0.15, -0.1) is 11.3 Å². The van der Waals surface area contributed by atoms with Crippen LogP contribution in [0.3, 0.4) is 0 Å². The first-order chi connectivity index (χ1) is 11.1. The second kappa shape index (κ2) is 9.25. The van der Waals surface area contributed by atoms with E-state index < -0.39 is 12.1 Å². The minimum absolute atomic E-state index is 0.00566. The van der Waals surface area contributed by atoms with Crippen LogP contribution in [0.2, 0.25) is 0 Å². The summed E-state index contributed by atoms with van der Waals surface area (Å²) >= 11 is 1.60. The number of thiazole rings is 1. The molecule has 0 saturated heterocycles. The lowest BCUT2D eigenvalue weighted by atomic mass is 9.98. The number of nitrogens with zero attached hydrogens (tertiary/aromatic N) is 2. The van der Waals surface area contributed by atoms with E-state index in [0.29, 0.717) is 12.5 Å². The molecule has 6 nitrogen and oxygen atoms in total. The number of carbonyl (C=O) groups excluding carboxylic acids is 2. The summed E-state index contributed by atoms with van der Waals surface area (Å²) in [5.41, 5.74) is 0.866. The molecule has 0 aromatic carbocycles. The summed E-state index contributed by atoms with van der Waals surface area (Å²) in [7, 11) is 1.71. The molecule has 1 aromatic heterocycles. The third-order valence-electron chi connectivity index (χ3n) is 3.72. The molecular formula is C17H29N3O3S. The summed E-state index contributed by atoms with van der Waals surface area (Å²) in [5, 5.41) is 15.7. The molecule has 2 N–H and O–H groups in total. The molecule has 2 atom stereocenters. The molecule has 0 bridgehead atoms. The summed E-state index contributed by atoms with van der Waals surface area (Å²) in [5.74, 6) is -0.0625. The van der Waals surface area contributed by atoms with Crippen LogP contribution in [-0.2, 0) is 16.1 Å². The molecule has 136 valence electrons. The summed E-state index contributed by atoms with van der Waals surface area (Å²) < 4.78 is 0. The van der Waals surface area contributed by atoms with Crippen molar-refractivity contribution in [3.05, 3.63) is 16.1 Å². The molecule has 0 aliphatic heterocycles. The second-order valence-corrected chi connectivity index (χ2v) is 7.63. The highest BCUT2D eigenvalue weighted by atomic mass is 32.1. The number of aliphatic hydroxyl groups is 1. The zero-order valence-corrected chi connectivity index (χ0v) is 16.2. The van der Waals surface area contributed by atoms with Gasteiger partial charge in [-0.1, -0.05) is 27.7 Å². The standard InChI is InChI=1S/C17H29N3O3S/c1-10(2)16(23)15(12(5)21)18-7-14(22)20(6)8-13-9-24-17(19-13)11(3)4/h9-12,15,18,21H,7-8H2,1-6H3. The molecule has 24 heavy (non-hydrogen) atoms. The Labute approximate surface area is 148 Å². The number of rotatable bonds is 9. The number of Topliss-reactive ketones (excluding diaryl/α,β-unsaturated/α-hetero) is 1. The van der Waals surface area contributed by atoms with Crippen molar-refractivity contribution in [1.29, 1.82) is 0 Å². The van der Waals surface area contributed by atoms with Gasteiger partial charge in [0.2, 0.25) is 5.91 Å². The quantitative estimate of drug-likeness (QED) is 0.706. The van der Waals surface area contributed by atoms with Crippen molar-refractivity contribution >= 4 is 23.0 Å². The first-order valence-electron chi connectivity index (χ1n) is 8.26. The van der Waals surface area contributed by atoms with E-state index in [0.717, 1.165) is 10.7 Å². The smallest absolute Gasteiger partial charge is 0.236 e.